The number of carbonyl (C=O) groups is 1. The van der Waals surface area contributed by atoms with Gasteiger partial charge >= 0.3 is 6.03 Å². The van der Waals surface area contributed by atoms with Crippen LogP contribution in [0.2, 0.25) is 0 Å². The number of amides is 2. The number of urea groups is 1. The maximum Gasteiger partial charge on any atom is 0.317 e. The first-order valence-corrected chi connectivity index (χ1v) is 7.12. The lowest BCUT2D eigenvalue weighted by Crippen LogP contribution is -2.40. The minimum absolute atomic E-state index is 0.0409. The van der Waals surface area contributed by atoms with Crippen molar-refractivity contribution >= 4 is 17.0 Å². The van der Waals surface area contributed by atoms with Crippen molar-refractivity contribution in [1.82, 2.24) is 15.4 Å². The van der Waals surface area contributed by atoms with Crippen molar-refractivity contribution in [1.29, 1.82) is 0 Å². The molecule has 1 heterocycles. The minimum atomic E-state index is -0.0409. The topological polar surface area (TPSA) is 58.4 Å². The summed E-state index contributed by atoms with van der Waals surface area (Å²) in [4.78, 5) is 13.9. The number of fused-ring (bicyclic) bond motifs is 1. The Morgan fingerprint density at radius 3 is 2.65 bits per heavy atom. The number of nitrogens with zero attached hydrogens (tertiary/aromatic N) is 2. The third kappa shape index (κ3) is 3.29. The molecule has 1 aromatic heterocycles. The molecule has 0 unspecified atom stereocenters. The summed E-state index contributed by atoms with van der Waals surface area (Å²) in [7, 11) is 0. The molecule has 0 aliphatic heterocycles. The van der Waals surface area contributed by atoms with E-state index in [2.05, 4.69) is 24.3 Å². The molecule has 108 valence electrons. The summed E-state index contributed by atoms with van der Waals surface area (Å²) in [5.74, 6) is 0. The van der Waals surface area contributed by atoms with E-state index in [-0.39, 0.29) is 6.03 Å². The standard InChI is InChI=1S/C15H21N3O2/c1-3-9-18(10-4-2)15(19)16-11-13-12-7-5-6-8-14(12)20-17-13/h5-8H,3-4,9-11H2,1-2H3,(H,16,19). The summed E-state index contributed by atoms with van der Waals surface area (Å²) in [5, 5.41) is 7.87. The normalized spacial score (nSPS) is 10.7. The van der Waals surface area contributed by atoms with E-state index in [0.717, 1.165) is 42.6 Å². The second-order valence-electron chi connectivity index (χ2n) is 4.77. The van der Waals surface area contributed by atoms with Gasteiger partial charge in [-0.05, 0) is 25.0 Å². The Hall–Kier alpha value is -2.04. The second-order valence-corrected chi connectivity index (χ2v) is 4.77. The Morgan fingerprint density at radius 1 is 1.25 bits per heavy atom. The minimum Gasteiger partial charge on any atom is -0.356 e. The van der Waals surface area contributed by atoms with E-state index < -0.39 is 0 Å². The zero-order chi connectivity index (χ0) is 14.4. The van der Waals surface area contributed by atoms with E-state index in [0.29, 0.717) is 6.54 Å². The molecule has 0 atom stereocenters. The highest BCUT2D eigenvalue weighted by Gasteiger charge is 2.13. The number of nitrogens with one attached hydrogen (secondary N) is 1. The highest BCUT2D eigenvalue weighted by molar-refractivity contribution is 5.80. The average molecular weight is 275 g/mol. The summed E-state index contributed by atoms with van der Waals surface area (Å²) in [6.45, 7) is 6.08. The number of para-hydroxylation sites is 1. The van der Waals surface area contributed by atoms with Gasteiger partial charge in [0.25, 0.3) is 0 Å². The molecule has 0 aliphatic rings. The van der Waals surface area contributed by atoms with Gasteiger partial charge in [0, 0.05) is 18.5 Å². The van der Waals surface area contributed by atoms with Gasteiger partial charge in [0.15, 0.2) is 5.58 Å². The molecule has 0 aliphatic carbocycles. The molecular formula is C15H21N3O2. The number of carbonyl (C=O) groups excluding carboxylic acids is 1. The molecule has 2 rings (SSSR count). The predicted molar refractivity (Wildman–Crippen MR) is 78.4 cm³/mol. The van der Waals surface area contributed by atoms with Crippen LogP contribution in [0.3, 0.4) is 0 Å². The lowest BCUT2D eigenvalue weighted by Gasteiger charge is -2.21. The molecule has 2 amide bonds. The third-order valence-electron chi connectivity index (χ3n) is 3.13. The van der Waals surface area contributed by atoms with Crippen molar-refractivity contribution in [3.8, 4) is 0 Å². The van der Waals surface area contributed by atoms with Gasteiger partial charge < -0.3 is 14.7 Å². The Morgan fingerprint density at radius 2 is 1.95 bits per heavy atom. The predicted octanol–water partition coefficient (Wildman–Crippen LogP) is 3.16. The number of hydrogen-bond acceptors (Lipinski definition) is 3. The highest BCUT2D eigenvalue weighted by Crippen LogP contribution is 2.17. The first-order valence-electron chi connectivity index (χ1n) is 7.12. The van der Waals surface area contributed by atoms with Gasteiger partial charge in [0.05, 0.1) is 6.54 Å². The first-order chi connectivity index (χ1) is 9.76. The zero-order valence-corrected chi connectivity index (χ0v) is 12.1. The van der Waals surface area contributed by atoms with Crippen molar-refractivity contribution in [2.75, 3.05) is 13.1 Å². The maximum absolute atomic E-state index is 12.1. The van der Waals surface area contributed by atoms with Crippen molar-refractivity contribution in [3.05, 3.63) is 30.0 Å². The van der Waals surface area contributed by atoms with Crippen molar-refractivity contribution < 1.29 is 9.32 Å². The molecule has 5 heteroatoms. The van der Waals surface area contributed by atoms with E-state index in [1.165, 1.54) is 0 Å². The quantitative estimate of drug-likeness (QED) is 0.881. The van der Waals surface area contributed by atoms with Crippen molar-refractivity contribution in [2.24, 2.45) is 0 Å². The van der Waals surface area contributed by atoms with Crippen LogP contribution in [0.15, 0.2) is 28.8 Å². The number of rotatable bonds is 6. The van der Waals surface area contributed by atoms with E-state index in [1.807, 2.05) is 29.2 Å². The van der Waals surface area contributed by atoms with Crippen LogP contribution in [0.1, 0.15) is 32.4 Å². The molecule has 0 spiro atoms. The van der Waals surface area contributed by atoms with Crippen LogP contribution in [-0.4, -0.2) is 29.2 Å². The Bertz CT molecular complexity index is 559. The Kier molecular flexibility index (Phi) is 4.98. The van der Waals surface area contributed by atoms with Crippen LogP contribution >= 0.6 is 0 Å². The highest BCUT2D eigenvalue weighted by atomic mass is 16.5. The summed E-state index contributed by atoms with van der Waals surface area (Å²) >= 11 is 0. The third-order valence-corrected chi connectivity index (χ3v) is 3.13. The van der Waals surface area contributed by atoms with Crippen LogP contribution < -0.4 is 5.32 Å². The van der Waals surface area contributed by atoms with Gasteiger partial charge in [-0.25, -0.2) is 4.79 Å². The monoisotopic (exact) mass is 275 g/mol. The fourth-order valence-electron chi connectivity index (χ4n) is 2.19. The van der Waals surface area contributed by atoms with Crippen LogP contribution in [0.4, 0.5) is 4.79 Å². The largest absolute Gasteiger partial charge is 0.356 e. The molecule has 20 heavy (non-hydrogen) atoms. The smallest absolute Gasteiger partial charge is 0.317 e. The summed E-state index contributed by atoms with van der Waals surface area (Å²) in [6, 6.07) is 7.61. The van der Waals surface area contributed by atoms with E-state index in [1.54, 1.807) is 0 Å². The average Bonchev–Trinajstić information content (AvgIpc) is 2.88. The lowest BCUT2D eigenvalue weighted by atomic mass is 10.2. The zero-order valence-electron chi connectivity index (χ0n) is 12.1. The lowest BCUT2D eigenvalue weighted by molar-refractivity contribution is 0.197. The Labute approximate surface area is 118 Å². The van der Waals surface area contributed by atoms with Crippen LogP contribution in [-0.2, 0) is 6.54 Å². The summed E-state index contributed by atoms with van der Waals surface area (Å²) in [5.41, 5.74) is 1.51. The van der Waals surface area contributed by atoms with Gasteiger partial charge in [-0.1, -0.05) is 31.1 Å². The van der Waals surface area contributed by atoms with Gasteiger partial charge in [0.2, 0.25) is 0 Å². The second kappa shape index (κ2) is 6.93. The van der Waals surface area contributed by atoms with Crippen LogP contribution in [0.25, 0.3) is 11.0 Å². The molecule has 1 N–H and O–H groups in total. The fourth-order valence-corrected chi connectivity index (χ4v) is 2.19. The van der Waals surface area contributed by atoms with Gasteiger partial charge in [-0.15, -0.1) is 0 Å². The molecule has 1 aromatic carbocycles. The van der Waals surface area contributed by atoms with E-state index in [9.17, 15) is 4.79 Å². The molecule has 0 saturated carbocycles. The molecule has 0 fully saturated rings. The first kappa shape index (κ1) is 14.4. The van der Waals surface area contributed by atoms with Gasteiger partial charge in [-0.3, -0.25) is 0 Å². The van der Waals surface area contributed by atoms with Gasteiger partial charge in [0.1, 0.15) is 5.69 Å². The van der Waals surface area contributed by atoms with Crippen molar-refractivity contribution in [3.63, 3.8) is 0 Å². The fraction of sp³-hybridized carbons (Fsp3) is 0.467. The van der Waals surface area contributed by atoms with E-state index >= 15 is 0 Å². The molecule has 0 saturated heterocycles. The molecule has 5 nitrogen and oxygen atoms in total. The van der Waals surface area contributed by atoms with Gasteiger partial charge in [-0.2, -0.15) is 0 Å². The van der Waals surface area contributed by atoms with Crippen LogP contribution in [0.5, 0.6) is 0 Å². The number of aromatic nitrogens is 1. The SMILES string of the molecule is CCCN(CCC)C(=O)NCc1noc2ccccc12. The molecule has 0 radical (unpaired) electrons. The van der Waals surface area contributed by atoms with Crippen molar-refractivity contribution in [2.45, 2.75) is 33.2 Å². The molecule has 2 aromatic rings. The van der Waals surface area contributed by atoms with E-state index in [4.69, 9.17) is 4.52 Å². The number of hydrogen-bond donors (Lipinski definition) is 1. The number of benzene rings is 1. The molecular weight excluding hydrogens is 254 g/mol. The summed E-state index contributed by atoms with van der Waals surface area (Å²) in [6.07, 6.45) is 1.92. The molecule has 0 bridgehead atoms. The van der Waals surface area contributed by atoms with Crippen LogP contribution in [0, 0.1) is 0 Å². The maximum atomic E-state index is 12.1. The summed E-state index contributed by atoms with van der Waals surface area (Å²) < 4.78 is 5.22. The Balaban J connectivity index is 1.98.